The van der Waals surface area contributed by atoms with Gasteiger partial charge in [-0.15, -0.1) is 0 Å². The second-order valence-electron chi connectivity index (χ2n) is 6.63. The molecule has 0 saturated carbocycles. The number of rotatable bonds is 9. The maximum Gasteiger partial charge on any atom is 0.262 e. The highest BCUT2D eigenvalue weighted by Crippen LogP contribution is 2.31. The standard InChI is InChI=1S/C23H24Cl2N2O3/c1-4-15(3)27-23(28)18(13-26)10-16-7-9-21(22(12-16)29-5-2)30-14-17-6-8-19(24)20(25)11-17/h6-12,15H,4-5,14H2,1-3H3,(H,27,28)/b18-10+/t15-/m1/s1. The van der Waals surface area contributed by atoms with Crippen LogP contribution in [0.1, 0.15) is 38.3 Å². The molecule has 0 bridgehead atoms. The maximum atomic E-state index is 12.3. The van der Waals surface area contributed by atoms with Crippen LogP contribution >= 0.6 is 23.2 Å². The van der Waals surface area contributed by atoms with E-state index >= 15 is 0 Å². The minimum absolute atomic E-state index is 0.00890. The number of carbonyl (C=O) groups excluding carboxylic acids is 1. The van der Waals surface area contributed by atoms with Gasteiger partial charge in [0.05, 0.1) is 16.7 Å². The molecule has 0 saturated heterocycles. The number of ether oxygens (including phenoxy) is 2. The molecule has 0 aromatic heterocycles. The van der Waals surface area contributed by atoms with Gasteiger partial charge in [-0.1, -0.05) is 42.3 Å². The molecule has 2 rings (SSSR count). The minimum Gasteiger partial charge on any atom is -0.490 e. The lowest BCUT2D eigenvalue weighted by Crippen LogP contribution is -2.32. The predicted octanol–water partition coefficient (Wildman–Crippen LogP) is 5.79. The third kappa shape index (κ3) is 6.69. The summed E-state index contributed by atoms with van der Waals surface area (Å²) in [5.74, 6) is 0.665. The SMILES string of the molecule is CCOc1cc(/C=C(\C#N)C(=O)N[C@H](C)CC)ccc1OCc1ccc(Cl)c(Cl)c1. The van der Waals surface area contributed by atoms with Gasteiger partial charge in [0.15, 0.2) is 11.5 Å². The van der Waals surface area contributed by atoms with E-state index in [4.69, 9.17) is 32.7 Å². The molecular weight excluding hydrogens is 423 g/mol. The van der Waals surface area contributed by atoms with E-state index in [1.165, 1.54) is 6.08 Å². The van der Waals surface area contributed by atoms with Gasteiger partial charge < -0.3 is 14.8 Å². The van der Waals surface area contributed by atoms with Crippen molar-refractivity contribution in [3.63, 3.8) is 0 Å². The van der Waals surface area contributed by atoms with E-state index in [-0.39, 0.29) is 18.2 Å². The zero-order valence-corrected chi connectivity index (χ0v) is 18.7. The zero-order chi connectivity index (χ0) is 22.1. The second kappa shape index (κ2) is 11.5. The third-order valence-corrected chi connectivity index (χ3v) is 5.05. The van der Waals surface area contributed by atoms with E-state index in [0.717, 1.165) is 12.0 Å². The molecule has 0 unspecified atom stereocenters. The highest BCUT2D eigenvalue weighted by atomic mass is 35.5. The van der Waals surface area contributed by atoms with Gasteiger partial charge >= 0.3 is 0 Å². The third-order valence-electron chi connectivity index (χ3n) is 4.31. The van der Waals surface area contributed by atoms with Crippen LogP contribution in [0.5, 0.6) is 11.5 Å². The Morgan fingerprint density at radius 3 is 2.53 bits per heavy atom. The molecule has 0 radical (unpaired) electrons. The van der Waals surface area contributed by atoms with E-state index < -0.39 is 5.91 Å². The molecule has 0 heterocycles. The number of halogens is 2. The summed E-state index contributed by atoms with van der Waals surface area (Å²) < 4.78 is 11.6. The molecule has 1 N–H and O–H groups in total. The summed E-state index contributed by atoms with van der Waals surface area (Å²) >= 11 is 12.0. The zero-order valence-electron chi connectivity index (χ0n) is 17.2. The Bertz CT molecular complexity index is 967. The summed E-state index contributed by atoms with van der Waals surface area (Å²) in [4.78, 5) is 12.3. The molecule has 0 aliphatic carbocycles. The van der Waals surface area contributed by atoms with Gasteiger partial charge in [-0.3, -0.25) is 4.79 Å². The first-order valence-electron chi connectivity index (χ1n) is 9.64. The highest BCUT2D eigenvalue weighted by molar-refractivity contribution is 6.42. The molecule has 7 heteroatoms. The monoisotopic (exact) mass is 446 g/mol. The largest absolute Gasteiger partial charge is 0.490 e. The van der Waals surface area contributed by atoms with E-state index in [1.807, 2.05) is 32.9 Å². The molecule has 2 aromatic carbocycles. The van der Waals surface area contributed by atoms with Crippen LogP contribution in [-0.4, -0.2) is 18.6 Å². The van der Waals surface area contributed by atoms with Crippen molar-refractivity contribution in [1.29, 1.82) is 5.26 Å². The number of nitrogens with zero attached hydrogens (tertiary/aromatic N) is 1. The number of carbonyl (C=O) groups is 1. The van der Waals surface area contributed by atoms with Crippen LogP contribution < -0.4 is 14.8 Å². The second-order valence-corrected chi connectivity index (χ2v) is 7.44. The van der Waals surface area contributed by atoms with Crippen LogP contribution in [0.3, 0.4) is 0 Å². The number of nitrogens with one attached hydrogen (secondary N) is 1. The summed E-state index contributed by atoms with van der Waals surface area (Å²) in [6.45, 7) is 6.44. The number of hydrogen-bond acceptors (Lipinski definition) is 4. The Morgan fingerprint density at radius 2 is 1.90 bits per heavy atom. The van der Waals surface area contributed by atoms with Crippen molar-refractivity contribution in [3.8, 4) is 17.6 Å². The van der Waals surface area contributed by atoms with Gasteiger partial charge in [0.2, 0.25) is 0 Å². The molecule has 158 valence electrons. The fourth-order valence-corrected chi connectivity index (χ4v) is 2.83. The Hall–Kier alpha value is -2.68. The fraction of sp³-hybridized carbons (Fsp3) is 0.304. The number of nitriles is 1. The summed E-state index contributed by atoms with van der Waals surface area (Å²) in [6, 6.07) is 12.5. The first-order chi connectivity index (χ1) is 14.4. The lowest BCUT2D eigenvalue weighted by atomic mass is 10.1. The van der Waals surface area contributed by atoms with E-state index in [1.54, 1.807) is 30.3 Å². The van der Waals surface area contributed by atoms with Crippen LogP contribution in [0.15, 0.2) is 42.0 Å². The molecule has 2 aromatic rings. The van der Waals surface area contributed by atoms with Crippen molar-refractivity contribution in [2.45, 2.75) is 39.8 Å². The first kappa shape index (κ1) is 23.6. The van der Waals surface area contributed by atoms with E-state index in [2.05, 4.69) is 5.32 Å². The Kier molecular flexibility index (Phi) is 9.04. The summed E-state index contributed by atoms with van der Waals surface area (Å²) in [6.07, 6.45) is 2.31. The van der Waals surface area contributed by atoms with Crippen LogP contribution in [0, 0.1) is 11.3 Å². The van der Waals surface area contributed by atoms with E-state index in [9.17, 15) is 10.1 Å². The predicted molar refractivity (Wildman–Crippen MR) is 120 cm³/mol. The lowest BCUT2D eigenvalue weighted by molar-refractivity contribution is -0.117. The van der Waals surface area contributed by atoms with Crippen LogP contribution in [0.4, 0.5) is 0 Å². The summed E-state index contributed by atoms with van der Waals surface area (Å²) in [7, 11) is 0. The molecule has 1 amide bonds. The number of benzene rings is 2. The molecule has 0 fully saturated rings. The Morgan fingerprint density at radius 1 is 1.13 bits per heavy atom. The van der Waals surface area contributed by atoms with Crippen molar-refractivity contribution in [1.82, 2.24) is 5.32 Å². The molecule has 30 heavy (non-hydrogen) atoms. The number of amides is 1. The quantitative estimate of drug-likeness (QED) is 0.390. The Balaban J connectivity index is 2.21. The summed E-state index contributed by atoms with van der Waals surface area (Å²) in [5.41, 5.74) is 1.56. The van der Waals surface area contributed by atoms with Crippen LogP contribution in [0.2, 0.25) is 10.0 Å². The lowest BCUT2D eigenvalue weighted by Gasteiger charge is -2.13. The van der Waals surface area contributed by atoms with Crippen molar-refractivity contribution in [2.24, 2.45) is 0 Å². The molecule has 5 nitrogen and oxygen atoms in total. The van der Waals surface area contributed by atoms with Gasteiger partial charge in [-0.05, 0) is 61.7 Å². The maximum absolute atomic E-state index is 12.3. The molecule has 0 aliphatic rings. The highest BCUT2D eigenvalue weighted by Gasteiger charge is 2.13. The molecule has 1 atom stereocenters. The average Bonchev–Trinajstić information content (AvgIpc) is 2.73. The van der Waals surface area contributed by atoms with Gasteiger partial charge in [0.1, 0.15) is 18.2 Å². The van der Waals surface area contributed by atoms with Crippen molar-refractivity contribution in [3.05, 3.63) is 63.1 Å². The van der Waals surface area contributed by atoms with Crippen LogP contribution in [0.25, 0.3) is 6.08 Å². The average molecular weight is 447 g/mol. The molecule has 0 aliphatic heterocycles. The minimum atomic E-state index is -0.398. The van der Waals surface area contributed by atoms with Crippen molar-refractivity contribution >= 4 is 35.2 Å². The van der Waals surface area contributed by atoms with Gasteiger partial charge in [-0.2, -0.15) is 5.26 Å². The van der Waals surface area contributed by atoms with Gasteiger partial charge in [0, 0.05) is 6.04 Å². The van der Waals surface area contributed by atoms with Crippen molar-refractivity contribution in [2.75, 3.05) is 6.61 Å². The molecule has 0 spiro atoms. The first-order valence-corrected chi connectivity index (χ1v) is 10.4. The van der Waals surface area contributed by atoms with Gasteiger partial charge in [0.25, 0.3) is 5.91 Å². The fourth-order valence-electron chi connectivity index (χ4n) is 2.51. The van der Waals surface area contributed by atoms with Gasteiger partial charge in [-0.25, -0.2) is 0 Å². The molecular formula is C23H24Cl2N2O3. The smallest absolute Gasteiger partial charge is 0.262 e. The van der Waals surface area contributed by atoms with Crippen molar-refractivity contribution < 1.29 is 14.3 Å². The number of hydrogen-bond donors (Lipinski definition) is 1. The van der Waals surface area contributed by atoms with E-state index in [0.29, 0.717) is 33.7 Å². The Labute approximate surface area is 187 Å². The normalized spacial score (nSPS) is 12.1. The topological polar surface area (TPSA) is 71.3 Å². The summed E-state index contributed by atoms with van der Waals surface area (Å²) in [5, 5.41) is 13.1. The van der Waals surface area contributed by atoms with Crippen LogP contribution in [-0.2, 0) is 11.4 Å².